The van der Waals surface area contributed by atoms with E-state index >= 15 is 0 Å². The maximum absolute atomic E-state index is 12.6. The molecule has 1 aliphatic heterocycles. The molecule has 0 spiro atoms. The van der Waals surface area contributed by atoms with Crippen LogP contribution in [0.15, 0.2) is 18.5 Å². The smallest absolute Gasteiger partial charge is 0.254 e. The van der Waals surface area contributed by atoms with Gasteiger partial charge in [0.15, 0.2) is 5.15 Å². The number of hydrogen-bond donors (Lipinski definition) is 2. The van der Waals surface area contributed by atoms with Gasteiger partial charge in [-0.1, -0.05) is 24.9 Å². The topological polar surface area (TPSA) is 83.1 Å². The van der Waals surface area contributed by atoms with Gasteiger partial charge in [-0.15, -0.1) is 0 Å². The molecule has 27 heavy (non-hydrogen) atoms. The lowest BCUT2D eigenvalue weighted by Crippen LogP contribution is -2.47. The molecular formula is C19H26ClN5O2. The standard InChI is InChI=1S/C19H26ClN5O2/c1-3-4-5-17-22-15(18(20)24-17)11-25-8-9-27-16(12-25)19(26)23-14-10-21-7-6-13(14)2/h6-7,10,16H,3-5,8-9,11-12H2,1-2H3,(H,22,24)(H,23,26)/t16-/m1/s1. The molecule has 0 saturated carbocycles. The van der Waals surface area contributed by atoms with Crippen LogP contribution in [0.2, 0.25) is 5.15 Å². The number of carbonyl (C=O) groups is 1. The first-order valence-corrected chi connectivity index (χ1v) is 9.73. The molecule has 7 nitrogen and oxygen atoms in total. The lowest BCUT2D eigenvalue weighted by molar-refractivity contribution is -0.133. The van der Waals surface area contributed by atoms with Crippen LogP contribution in [0.4, 0.5) is 5.69 Å². The third kappa shape index (κ3) is 5.28. The number of carbonyl (C=O) groups excluding carboxylic acids is 1. The largest absolute Gasteiger partial charge is 0.366 e. The van der Waals surface area contributed by atoms with Crippen molar-refractivity contribution in [3.63, 3.8) is 0 Å². The Morgan fingerprint density at radius 1 is 1.52 bits per heavy atom. The van der Waals surface area contributed by atoms with Crippen molar-refractivity contribution in [2.75, 3.05) is 25.0 Å². The van der Waals surface area contributed by atoms with Gasteiger partial charge in [0.1, 0.15) is 11.9 Å². The van der Waals surface area contributed by atoms with Crippen molar-refractivity contribution < 1.29 is 9.53 Å². The summed E-state index contributed by atoms with van der Waals surface area (Å²) in [7, 11) is 0. The van der Waals surface area contributed by atoms with Crippen LogP contribution in [0.3, 0.4) is 0 Å². The molecular weight excluding hydrogens is 366 g/mol. The molecule has 3 heterocycles. The van der Waals surface area contributed by atoms with E-state index in [1.807, 2.05) is 13.0 Å². The van der Waals surface area contributed by atoms with Crippen molar-refractivity contribution in [3.8, 4) is 0 Å². The number of pyridine rings is 1. The minimum Gasteiger partial charge on any atom is -0.366 e. The SMILES string of the molecule is CCCCc1nc(Cl)c(CN2CCO[C@@H](C(=O)Nc3cnccc3C)C2)[nH]1. The molecule has 8 heteroatoms. The number of ether oxygens (including phenoxy) is 1. The molecule has 0 radical (unpaired) electrons. The number of aromatic nitrogens is 3. The normalized spacial score (nSPS) is 17.8. The Morgan fingerprint density at radius 2 is 2.37 bits per heavy atom. The maximum Gasteiger partial charge on any atom is 0.254 e. The highest BCUT2D eigenvalue weighted by Gasteiger charge is 2.28. The summed E-state index contributed by atoms with van der Waals surface area (Å²) in [6.07, 6.45) is 5.92. The number of morpholine rings is 1. The van der Waals surface area contributed by atoms with Gasteiger partial charge in [0.25, 0.3) is 5.91 Å². The first-order valence-electron chi connectivity index (χ1n) is 9.35. The maximum atomic E-state index is 12.6. The molecule has 2 aromatic rings. The second kappa shape index (κ2) is 9.30. The van der Waals surface area contributed by atoms with Crippen molar-refractivity contribution in [1.82, 2.24) is 19.9 Å². The number of rotatable bonds is 7. The zero-order valence-electron chi connectivity index (χ0n) is 15.8. The number of nitrogens with zero attached hydrogens (tertiary/aromatic N) is 3. The first-order chi connectivity index (χ1) is 13.1. The fourth-order valence-electron chi connectivity index (χ4n) is 3.04. The highest BCUT2D eigenvalue weighted by molar-refractivity contribution is 6.30. The minimum atomic E-state index is -0.528. The highest BCUT2D eigenvalue weighted by atomic mass is 35.5. The number of unbranched alkanes of at least 4 members (excludes halogenated alkanes) is 1. The number of hydrogen-bond acceptors (Lipinski definition) is 5. The van der Waals surface area contributed by atoms with E-state index in [0.717, 1.165) is 42.9 Å². The average Bonchev–Trinajstić information content (AvgIpc) is 3.01. The zero-order chi connectivity index (χ0) is 19.2. The number of halogens is 1. The monoisotopic (exact) mass is 391 g/mol. The third-order valence-corrected chi connectivity index (χ3v) is 4.98. The molecule has 1 amide bonds. The molecule has 2 aromatic heterocycles. The van der Waals surface area contributed by atoms with Crippen LogP contribution >= 0.6 is 11.6 Å². The van der Waals surface area contributed by atoms with E-state index < -0.39 is 6.10 Å². The van der Waals surface area contributed by atoms with Gasteiger partial charge in [-0.3, -0.25) is 14.7 Å². The van der Waals surface area contributed by atoms with Gasteiger partial charge in [0.05, 0.1) is 24.2 Å². The number of aryl methyl sites for hydroxylation is 2. The third-order valence-electron chi connectivity index (χ3n) is 4.67. The Labute approximate surface area is 164 Å². The Bertz CT molecular complexity index is 779. The molecule has 0 aromatic carbocycles. The second-order valence-corrected chi connectivity index (χ2v) is 7.19. The summed E-state index contributed by atoms with van der Waals surface area (Å²) < 4.78 is 5.68. The number of amides is 1. The molecule has 0 aliphatic carbocycles. The van der Waals surface area contributed by atoms with Crippen molar-refractivity contribution in [2.45, 2.75) is 45.8 Å². The summed E-state index contributed by atoms with van der Waals surface area (Å²) in [5.41, 5.74) is 2.57. The highest BCUT2D eigenvalue weighted by Crippen LogP contribution is 2.19. The quantitative estimate of drug-likeness (QED) is 0.758. The fourth-order valence-corrected chi connectivity index (χ4v) is 3.25. The van der Waals surface area contributed by atoms with E-state index in [1.165, 1.54) is 0 Å². The summed E-state index contributed by atoms with van der Waals surface area (Å²) >= 11 is 6.28. The summed E-state index contributed by atoms with van der Waals surface area (Å²) in [6, 6.07) is 1.86. The van der Waals surface area contributed by atoms with E-state index in [1.54, 1.807) is 12.4 Å². The number of anilines is 1. The Balaban J connectivity index is 1.58. The molecule has 0 unspecified atom stereocenters. The number of H-pyrrole nitrogens is 1. The van der Waals surface area contributed by atoms with E-state index in [4.69, 9.17) is 16.3 Å². The summed E-state index contributed by atoms with van der Waals surface area (Å²) in [4.78, 5) is 26.5. The summed E-state index contributed by atoms with van der Waals surface area (Å²) in [5, 5.41) is 3.42. The molecule has 0 bridgehead atoms. The van der Waals surface area contributed by atoms with Crippen LogP contribution in [0.1, 0.15) is 36.8 Å². The zero-order valence-corrected chi connectivity index (χ0v) is 16.6. The molecule has 1 saturated heterocycles. The Kier molecular flexibility index (Phi) is 6.82. The molecule has 2 N–H and O–H groups in total. The van der Waals surface area contributed by atoms with Crippen LogP contribution in [0.5, 0.6) is 0 Å². The van der Waals surface area contributed by atoms with Gasteiger partial charge in [-0.05, 0) is 25.0 Å². The van der Waals surface area contributed by atoms with E-state index in [9.17, 15) is 4.79 Å². The molecule has 1 fully saturated rings. The van der Waals surface area contributed by atoms with Gasteiger partial charge >= 0.3 is 0 Å². The van der Waals surface area contributed by atoms with Crippen molar-refractivity contribution in [3.05, 3.63) is 40.7 Å². The average molecular weight is 392 g/mol. The minimum absolute atomic E-state index is 0.157. The van der Waals surface area contributed by atoms with Crippen LogP contribution < -0.4 is 5.32 Å². The van der Waals surface area contributed by atoms with Crippen LogP contribution in [0.25, 0.3) is 0 Å². The lowest BCUT2D eigenvalue weighted by Gasteiger charge is -2.31. The van der Waals surface area contributed by atoms with Crippen molar-refractivity contribution in [1.29, 1.82) is 0 Å². The van der Waals surface area contributed by atoms with Crippen molar-refractivity contribution in [2.24, 2.45) is 0 Å². The van der Waals surface area contributed by atoms with Crippen LogP contribution in [-0.4, -0.2) is 51.6 Å². The summed E-state index contributed by atoms with van der Waals surface area (Å²) in [6.45, 7) is 6.45. The van der Waals surface area contributed by atoms with Crippen LogP contribution in [-0.2, 0) is 22.5 Å². The molecule has 1 atom stereocenters. The van der Waals surface area contributed by atoms with E-state index in [2.05, 4.69) is 32.1 Å². The predicted octanol–water partition coefficient (Wildman–Crippen LogP) is 2.95. The van der Waals surface area contributed by atoms with Gasteiger partial charge in [-0.2, -0.15) is 0 Å². The van der Waals surface area contributed by atoms with Crippen molar-refractivity contribution >= 4 is 23.2 Å². The van der Waals surface area contributed by atoms with E-state index in [-0.39, 0.29) is 5.91 Å². The lowest BCUT2D eigenvalue weighted by atomic mass is 10.2. The molecule has 3 rings (SSSR count). The predicted molar refractivity (Wildman–Crippen MR) is 105 cm³/mol. The number of aromatic amines is 1. The van der Waals surface area contributed by atoms with Crippen LogP contribution in [0, 0.1) is 6.92 Å². The fraction of sp³-hybridized carbons (Fsp3) is 0.526. The summed E-state index contributed by atoms with van der Waals surface area (Å²) in [5.74, 6) is 0.765. The second-order valence-electron chi connectivity index (χ2n) is 6.83. The Hall–Kier alpha value is -1.96. The first kappa shape index (κ1) is 19.8. The molecule has 1 aliphatic rings. The van der Waals surface area contributed by atoms with Gasteiger partial charge in [0, 0.05) is 32.3 Å². The Morgan fingerprint density at radius 3 is 3.15 bits per heavy atom. The van der Waals surface area contributed by atoms with Gasteiger partial charge in [0.2, 0.25) is 0 Å². The number of imidazole rings is 1. The molecule has 146 valence electrons. The van der Waals surface area contributed by atoms with Gasteiger partial charge in [-0.25, -0.2) is 4.98 Å². The van der Waals surface area contributed by atoms with E-state index in [0.29, 0.717) is 30.5 Å². The van der Waals surface area contributed by atoms with Gasteiger partial charge < -0.3 is 15.0 Å². The number of nitrogens with one attached hydrogen (secondary N) is 2.